The SMILES string of the molecule is COC(=O)c1ccc2c(=O)n(CCC(=O)NC3CCCCC3)c(=S)[nH]c2c1. The Kier molecular flexibility index (Phi) is 6.05. The van der Waals surface area contributed by atoms with Gasteiger partial charge in [-0.3, -0.25) is 14.2 Å². The average molecular weight is 389 g/mol. The van der Waals surface area contributed by atoms with Crippen molar-refractivity contribution in [3.63, 3.8) is 0 Å². The summed E-state index contributed by atoms with van der Waals surface area (Å²) in [6.07, 6.45) is 5.75. The minimum Gasteiger partial charge on any atom is -0.465 e. The van der Waals surface area contributed by atoms with Crippen LogP contribution in [-0.2, 0) is 16.1 Å². The first-order valence-electron chi connectivity index (χ1n) is 9.14. The van der Waals surface area contributed by atoms with Gasteiger partial charge in [0.2, 0.25) is 5.91 Å². The summed E-state index contributed by atoms with van der Waals surface area (Å²) in [6, 6.07) is 4.88. The molecule has 0 aliphatic heterocycles. The van der Waals surface area contributed by atoms with Crippen molar-refractivity contribution >= 4 is 35.0 Å². The minimum absolute atomic E-state index is 0.0654. The van der Waals surface area contributed by atoms with E-state index in [1.54, 1.807) is 12.1 Å². The first-order chi connectivity index (χ1) is 13.0. The van der Waals surface area contributed by atoms with Crippen molar-refractivity contribution in [3.8, 4) is 0 Å². The lowest BCUT2D eigenvalue weighted by Crippen LogP contribution is -2.37. The number of carbonyl (C=O) groups is 2. The van der Waals surface area contributed by atoms with E-state index in [4.69, 9.17) is 12.2 Å². The van der Waals surface area contributed by atoms with E-state index in [1.165, 1.54) is 24.2 Å². The zero-order chi connectivity index (χ0) is 19.4. The Labute approximate surface area is 161 Å². The third kappa shape index (κ3) is 4.44. The van der Waals surface area contributed by atoms with Crippen LogP contribution in [0, 0.1) is 4.77 Å². The van der Waals surface area contributed by atoms with E-state index in [0.717, 1.165) is 25.7 Å². The number of nitrogens with zero attached hydrogens (tertiary/aromatic N) is 1. The van der Waals surface area contributed by atoms with E-state index < -0.39 is 5.97 Å². The molecule has 1 fully saturated rings. The molecule has 1 amide bonds. The monoisotopic (exact) mass is 389 g/mol. The van der Waals surface area contributed by atoms with Crippen LogP contribution in [0.4, 0.5) is 0 Å². The molecule has 8 heteroatoms. The number of benzene rings is 1. The Morgan fingerprint density at radius 2 is 2.04 bits per heavy atom. The van der Waals surface area contributed by atoms with Gasteiger partial charge in [-0.25, -0.2) is 4.79 Å². The van der Waals surface area contributed by atoms with E-state index in [9.17, 15) is 14.4 Å². The standard InChI is InChI=1S/C19H23N3O4S/c1-26-18(25)12-7-8-14-15(11-12)21-19(27)22(17(14)24)10-9-16(23)20-13-5-3-2-4-6-13/h7-8,11,13H,2-6,9-10H2,1H3,(H,20,23)(H,21,27). The molecule has 144 valence electrons. The van der Waals surface area contributed by atoms with Gasteiger partial charge in [-0.2, -0.15) is 0 Å². The van der Waals surface area contributed by atoms with Crippen LogP contribution >= 0.6 is 12.2 Å². The summed E-state index contributed by atoms with van der Waals surface area (Å²) in [5, 5.41) is 3.45. The van der Waals surface area contributed by atoms with Gasteiger partial charge in [-0.05, 0) is 43.3 Å². The highest BCUT2D eigenvalue weighted by molar-refractivity contribution is 7.71. The van der Waals surface area contributed by atoms with E-state index in [-0.39, 0.29) is 35.2 Å². The van der Waals surface area contributed by atoms with Gasteiger partial charge in [-0.1, -0.05) is 19.3 Å². The Balaban J connectivity index is 1.76. The molecule has 2 aromatic rings. The van der Waals surface area contributed by atoms with Gasteiger partial charge < -0.3 is 15.0 Å². The first-order valence-corrected chi connectivity index (χ1v) is 9.55. The first kappa shape index (κ1) is 19.3. The maximum atomic E-state index is 12.7. The summed E-state index contributed by atoms with van der Waals surface area (Å²) < 4.78 is 6.30. The van der Waals surface area contributed by atoms with E-state index in [1.807, 2.05) is 0 Å². The highest BCUT2D eigenvalue weighted by Gasteiger charge is 2.16. The van der Waals surface area contributed by atoms with Gasteiger partial charge in [0, 0.05) is 19.0 Å². The zero-order valence-electron chi connectivity index (χ0n) is 15.2. The summed E-state index contributed by atoms with van der Waals surface area (Å²) in [7, 11) is 1.30. The predicted octanol–water partition coefficient (Wildman–Crippen LogP) is 2.68. The second-order valence-corrected chi connectivity index (χ2v) is 7.18. The van der Waals surface area contributed by atoms with Crippen LogP contribution in [-0.4, -0.2) is 34.6 Å². The zero-order valence-corrected chi connectivity index (χ0v) is 16.1. The summed E-state index contributed by atoms with van der Waals surface area (Å²) >= 11 is 5.28. The number of esters is 1. The lowest BCUT2D eigenvalue weighted by Gasteiger charge is -2.22. The van der Waals surface area contributed by atoms with Gasteiger partial charge in [0.25, 0.3) is 5.56 Å². The molecule has 2 N–H and O–H groups in total. The van der Waals surface area contributed by atoms with Crippen LogP contribution in [0.25, 0.3) is 10.9 Å². The number of nitrogens with one attached hydrogen (secondary N) is 2. The highest BCUT2D eigenvalue weighted by Crippen LogP contribution is 2.17. The van der Waals surface area contributed by atoms with Crippen molar-refractivity contribution in [2.75, 3.05) is 7.11 Å². The van der Waals surface area contributed by atoms with E-state index in [0.29, 0.717) is 16.5 Å². The van der Waals surface area contributed by atoms with E-state index >= 15 is 0 Å². The number of H-pyrrole nitrogens is 1. The topological polar surface area (TPSA) is 93.2 Å². The maximum absolute atomic E-state index is 12.7. The van der Waals surface area contributed by atoms with Crippen LogP contribution in [0.3, 0.4) is 0 Å². The number of rotatable bonds is 5. The molecule has 27 heavy (non-hydrogen) atoms. The third-order valence-corrected chi connectivity index (χ3v) is 5.26. The molecular formula is C19H23N3O4S. The second-order valence-electron chi connectivity index (χ2n) is 6.79. The number of fused-ring (bicyclic) bond motifs is 1. The number of ether oxygens (including phenoxy) is 1. The maximum Gasteiger partial charge on any atom is 0.337 e. The lowest BCUT2D eigenvalue weighted by molar-refractivity contribution is -0.122. The van der Waals surface area contributed by atoms with Gasteiger partial charge in [0.1, 0.15) is 0 Å². The van der Waals surface area contributed by atoms with Crippen LogP contribution in [0.15, 0.2) is 23.0 Å². The molecule has 1 aromatic carbocycles. The molecule has 1 aliphatic rings. The van der Waals surface area contributed by atoms with Gasteiger partial charge in [0.05, 0.1) is 23.6 Å². The third-order valence-electron chi connectivity index (χ3n) is 4.94. The molecule has 1 heterocycles. The molecule has 1 aromatic heterocycles. The van der Waals surface area contributed by atoms with Crippen molar-refractivity contribution < 1.29 is 14.3 Å². The van der Waals surface area contributed by atoms with Crippen LogP contribution in [0.5, 0.6) is 0 Å². The van der Waals surface area contributed by atoms with Crippen molar-refractivity contribution in [2.45, 2.75) is 51.1 Å². The Bertz CT molecular complexity index is 973. The number of aromatic amines is 1. The van der Waals surface area contributed by atoms with Crippen LogP contribution in [0.2, 0.25) is 0 Å². The van der Waals surface area contributed by atoms with Gasteiger partial charge >= 0.3 is 5.97 Å². The normalized spacial score (nSPS) is 14.9. The molecule has 1 saturated carbocycles. The van der Waals surface area contributed by atoms with Crippen molar-refractivity contribution in [2.24, 2.45) is 0 Å². The summed E-state index contributed by atoms with van der Waals surface area (Å²) in [5.41, 5.74) is 0.520. The fourth-order valence-corrected chi connectivity index (χ4v) is 3.75. The quantitative estimate of drug-likeness (QED) is 0.606. The van der Waals surface area contributed by atoms with Gasteiger partial charge in [-0.15, -0.1) is 0 Å². The molecule has 7 nitrogen and oxygen atoms in total. The van der Waals surface area contributed by atoms with E-state index in [2.05, 4.69) is 15.0 Å². The average Bonchev–Trinajstić information content (AvgIpc) is 2.67. The second kappa shape index (κ2) is 8.47. The fraction of sp³-hybridized carbons (Fsp3) is 0.474. The summed E-state index contributed by atoms with van der Waals surface area (Å²) in [5.74, 6) is -0.552. The number of carbonyl (C=O) groups excluding carboxylic acids is 2. The van der Waals surface area contributed by atoms with Crippen LogP contribution in [0.1, 0.15) is 48.9 Å². The number of hydrogen-bond donors (Lipinski definition) is 2. The van der Waals surface area contributed by atoms with Crippen molar-refractivity contribution in [1.82, 2.24) is 14.9 Å². The molecule has 0 spiro atoms. The predicted molar refractivity (Wildman–Crippen MR) is 104 cm³/mol. The molecule has 3 rings (SSSR count). The van der Waals surface area contributed by atoms with Gasteiger partial charge in [0.15, 0.2) is 4.77 Å². The largest absolute Gasteiger partial charge is 0.465 e. The molecule has 0 radical (unpaired) electrons. The molecular weight excluding hydrogens is 366 g/mol. The Morgan fingerprint density at radius 3 is 2.74 bits per heavy atom. The number of methoxy groups -OCH3 is 1. The molecule has 0 bridgehead atoms. The highest BCUT2D eigenvalue weighted by atomic mass is 32.1. The number of aromatic nitrogens is 2. The molecule has 0 unspecified atom stereocenters. The number of amides is 1. The smallest absolute Gasteiger partial charge is 0.337 e. The Morgan fingerprint density at radius 1 is 1.30 bits per heavy atom. The fourth-order valence-electron chi connectivity index (χ4n) is 3.46. The summed E-state index contributed by atoms with van der Waals surface area (Å²) in [4.78, 5) is 39.5. The van der Waals surface area contributed by atoms with Crippen LogP contribution < -0.4 is 10.9 Å². The number of hydrogen-bond acceptors (Lipinski definition) is 5. The Hall–Kier alpha value is -2.48. The minimum atomic E-state index is -0.486. The van der Waals surface area contributed by atoms with Crippen molar-refractivity contribution in [3.05, 3.63) is 38.9 Å². The molecule has 0 atom stereocenters. The summed E-state index contributed by atoms with van der Waals surface area (Å²) in [6.45, 7) is 0.210. The molecule has 1 aliphatic carbocycles. The van der Waals surface area contributed by atoms with Crippen molar-refractivity contribution in [1.29, 1.82) is 0 Å². The molecule has 0 saturated heterocycles. The lowest BCUT2D eigenvalue weighted by atomic mass is 9.95.